The van der Waals surface area contributed by atoms with Gasteiger partial charge in [0.2, 0.25) is 5.43 Å². The number of para-hydroxylation sites is 1. The van der Waals surface area contributed by atoms with Crippen LogP contribution in [0.25, 0.3) is 5.69 Å². The Kier molecular flexibility index (Phi) is 6.49. The van der Waals surface area contributed by atoms with Crippen molar-refractivity contribution in [2.24, 2.45) is 0 Å². The molecule has 4 rings (SSSR count). The van der Waals surface area contributed by atoms with E-state index in [-0.39, 0.29) is 43.5 Å². The van der Waals surface area contributed by atoms with Crippen LogP contribution >= 0.6 is 23.2 Å². The topological polar surface area (TPSA) is 75.5 Å². The van der Waals surface area contributed by atoms with Gasteiger partial charge in [-0.05, 0) is 37.3 Å². The van der Waals surface area contributed by atoms with Crippen molar-refractivity contribution in [2.45, 2.75) is 6.92 Å². The van der Waals surface area contributed by atoms with Gasteiger partial charge in [-0.3, -0.25) is 14.4 Å². The average molecular weight is 489 g/mol. The summed E-state index contributed by atoms with van der Waals surface area (Å²) in [5.41, 5.74) is 0.0552. The summed E-state index contributed by atoms with van der Waals surface area (Å²) < 4.78 is 15.5. The summed E-state index contributed by atoms with van der Waals surface area (Å²) in [5.74, 6) is -1.34. The molecule has 0 spiro atoms. The largest absolute Gasteiger partial charge is 0.335 e. The van der Waals surface area contributed by atoms with Gasteiger partial charge >= 0.3 is 0 Å². The Morgan fingerprint density at radius 2 is 1.48 bits per heavy atom. The molecule has 0 aliphatic carbocycles. The number of amides is 2. The maximum absolute atomic E-state index is 14.3. The molecule has 2 aromatic carbocycles. The molecule has 33 heavy (non-hydrogen) atoms. The van der Waals surface area contributed by atoms with Crippen LogP contribution < -0.4 is 5.43 Å². The van der Waals surface area contributed by atoms with Gasteiger partial charge in [-0.2, -0.15) is 5.10 Å². The first-order valence-corrected chi connectivity index (χ1v) is 10.9. The number of aromatic nitrogens is 2. The van der Waals surface area contributed by atoms with Crippen molar-refractivity contribution in [3.05, 3.63) is 91.6 Å². The third kappa shape index (κ3) is 4.77. The Morgan fingerprint density at radius 3 is 2.09 bits per heavy atom. The van der Waals surface area contributed by atoms with Crippen molar-refractivity contribution in [1.29, 1.82) is 0 Å². The number of carbonyl (C=O) groups excluding carboxylic acids is 2. The third-order valence-electron chi connectivity index (χ3n) is 5.35. The summed E-state index contributed by atoms with van der Waals surface area (Å²) in [7, 11) is 0. The monoisotopic (exact) mass is 488 g/mol. The second kappa shape index (κ2) is 9.33. The number of nitrogens with zero attached hydrogens (tertiary/aromatic N) is 4. The maximum Gasteiger partial charge on any atom is 0.278 e. The van der Waals surface area contributed by atoms with Crippen LogP contribution in [-0.4, -0.2) is 57.6 Å². The van der Waals surface area contributed by atoms with E-state index in [0.717, 1.165) is 0 Å². The van der Waals surface area contributed by atoms with Crippen LogP contribution in [0.15, 0.2) is 53.3 Å². The molecule has 1 aliphatic heterocycles. The molecule has 0 saturated carbocycles. The lowest BCUT2D eigenvalue weighted by Gasteiger charge is -2.34. The van der Waals surface area contributed by atoms with E-state index in [1.807, 2.05) is 0 Å². The van der Waals surface area contributed by atoms with Crippen LogP contribution in [-0.2, 0) is 0 Å². The minimum atomic E-state index is -0.567. The Balaban J connectivity index is 1.52. The van der Waals surface area contributed by atoms with Gasteiger partial charge in [-0.15, -0.1) is 0 Å². The minimum Gasteiger partial charge on any atom is -0.335 e. The van der Waals surface area contributed by atoms with E-state index in [1.165, 1.54) is 39.9 Å². The smallest absolute Gasteiger partial charge is 0.278 e. The summed E-state index contributed by atoms with van der Waals surface area (Å²) in [6.07, 6.45) is 0. The van der Waals surface area contributed by atoms with Crippen LogP contribution in [0.4, 0.5) is 4.39 Å². The number of halogens is 3. The molecule has 0 radical (unpaired) electrons. The number of carbonyl (C=O) groups is 2. The normalized spacial score (nSPS) is 13.8. The molecule has 1 fully saturated rings. The van der Waals surface area contributed by atoms with E-state index in [9.17, 15) is 18.8 Å². The maximum atomic E-state index is 14.3. The van der Waals surface area contributed by atoms with Gasteiger partial charge in [-0.25, -0.2) is 9.07 Å². The van der Waals surface area contributed by atoms with Gasteiger partial charge < -0.3 is 9.80 Å². The molecule has 1 aromatic heterocycles. The summed E-state index contributed by atoms with van der Waals surface area (Å²) in [4.78, 5) is 41.4. The number of piperazine rings is 1. The van der Waals surface area contributed by atoms with Crippen LogP contribution in [0.5, 0.6) is 0 Å². The fraction of sp³-hybridized carbons (Fsp3) is 0.217. The van der Waals surface area contributed by atoms with E-state index >= 15 is 0 Å². The van der Waals surface area contributed by atoms with Gasteiger partial charge in [-0.1, -0.05) is 35.3 Å². The quantitative estimate of drug-likeness (QED) is 0.564. The third-order valence-corrected chi connectivity index (χ3v) is 5.79. The highest BCUT2D eigenvalue weighted by atomic mass is 35.5. The molecule has 1 saturated heterocycles. The lowest BCUT2D eigenvalue weighted by atomic mass is 10.1. The van der Waals surface area contributed by atoms with E-state index in [0.29, 0.717) is 21.3 Å². The molecule has 3 aromatic rings. The molecule has 0 unspecified atom stereocenters. The molecule has 0 N–H and O–H groups in total. The lowest BCUT2D eigenvalue weighted by Crippen LogP contribution is -2.51. The van der Waals surface area contributed by atoms with Gasteiger partial charge in [0.15, 0.2) is 5.69 Å². The molecule has 0 atom stereocenters. The summed E-state index contributed by atoms with van der Waals surface area (Å²) in [6, 6.07) is 11.8. The van der Waals surface area contributed by atoms with E-state index < -0.39 is 17.2 Å². The number of aryl methyl sites for hydroxylation is 1. The number of hydrogen-bond acceptors (Lipinski definition) is 4. The molecule has 0 bridgehead atoms. The Bertz CT molecular complexity index is 1280. The SMILES string of the molecule is Cc1cc(=O)c(C(=O)N2CCN(C(=O)c3cc(Cl)cc(Cl)c3)CC2)nn1-c1ccccc1F. The Hall–Kier alpha value is -3.23. The van der Waals surface area contributed by atoms with Crippen LogP contribution in [0.1, 0.15) is 26.5 Å². The second-order valence-electron chi connectivity index (χ2n) is 7.60. The number of rotatable bonds is 3. The molecule has 1 aliphatic rings. The van der Waals surface area contributed by atoms with Crippen molar-refractivity contribution in [3.8, 4) is 5.69 Å². The highest BCUT2D eigenvalue weighted by Crippen LogP contribution is 2.21. The number of benzene rings is 2. The molecule has 2 amide bonds. The molecular formula is C23H19Cl2FN4O3. The van der Waals surface area contributed by atoms with Crippen LogP contribution in [0.2, 0.25) is 10.0 Å². The van der Waals surface area contributed by atoms with Gasteiger partial charge in [0.05, 0.1) is 0 Å². The molecule has 2 heterocycles. The predicted octanol–water partition coefficient (Wildman–Crippen LogP) is 3.59. The van der Waals surface area contributed by atoms with E-state index in [1.54, 1.807) is 30.0 Å². The summed E-state index contributed by atoms with van der Waals surface area (Å²) in [5, 5.41) is 4.88. The first-order chi connectivity index (χ1) is 15.7. The van der Waals surface area contributed by atoms with Gasteiger partial charge in [0.1, 0.15) is 11.5 Å². The minimum absolute atomic E-state index is 0.139. The Labute approximate surface area is 198 Å². The van der Waals surface area contributed by atoms with Crippen molar-refractivity contribution in [3.63, 3.8) is 0 Å². The standard InChI is InChI=1S/C23H19Cl2FN4O3/c1-14-10-20(31)21(27-30(14)19-5-3-2-4-18(19)26)23(33)29-8-6-28(7-9-29)22(32)15-11-16(24)13-17(25)12-15/h2-5,10-13H,6-9H2,1H3. The molecule has 10 heteroatoms. The fourth-order valence-corrected chi connectivity index (χ4v) is 4.21. The van der Waals surface area contributed by atoms with Gasteiger partial charge in [0.25, 0.3) is 11.8 Å². The van der Waals surface area contributed by atoms with Crippen molar-refractivity contribution in [1.82, 2.24) is 19.6 Å². The zero-order valence-electron chi connectivity index (χ0n) is 17.6. The highest BCUT2D eigenvalue weighted by molar-refractivity contribution is 6.35. The second-order valence-corrected chi connectivity index (χ2v) is 8.48. The summed E-state index contributed by atoms with van der Waals surface area (Å²) in [6.45, 7) is 2.58. The first kappa shape index (κ1) is 22.9. The van der Waals surface area contributed by atoms with Gasteiger partial charge in [0, 0.05) is 53.5 Å². The zero-order chi connectivity index (χ0) is 23.7. The van der Waals surface area contributed by atoms with E-state index in [4.69, 9.17) is 23.2 Å². The van der Waals surface area contributed by atoms with Crippen LogP contribution in [0.3, 0.4) is 0 Å². The van der Waals surface area contributed by atoms with Crippen molar-refractivity contribution >= 4 is 35.0 Å². The highest BCUT2D eigenvalue weighted by Gasteiger charge is 2.28. The van der Waals surface area contributed by atoms with Crippen molar-refractivity contribution in [2.75, 3.05) is 26.2 Å². The number of hydrogen-bond donors (Lipinski definition) is 0. The fourth-order valence-electron chi connectivity index (χ4n) is 3.69. The molecular weight excluding hydrogens is 470 g/mol. The summed E-state index contributed by atoms with van der Waals surface area (Å²) >= 11 is 12.0. The Morgan fingerprint density at radius 1 is 0.909 bits per heavy atom. The van der Waals surface area contributed by atoms with Crippen molar-refractivity contribution < 1.29 is 14.0 Å². The molecule has 170 valence electrons. The molecule has 7 nitrogen and oxygen atoms in total. The first-order valence-electron chi connectivity index (χ1n) is 10.1. The van der Waals surface area contributed by atoms with Crippen LogP contribution in [0, 0.1) is 12.7 Å². The predicted molar refractivity (Wildman–Crippen MR) is 123 cm³/mol. The zero-order valence-corrected chi connectivity index (χ0v) is 19.1. The lowest BCUT2D eigenvalue weighted by molar-refractivity contribution is 0.0530. The van der Waals surface area contributed by atoms with E-state index in [2.05, 4.69) is 5.10 Å². The average Bonchev–Trinajstić information content (AvgIpc) is 2.78.